The maximum absolute atomic E-state index is 3.69. The number of hydrogen-bond donors (Lipinski definition) is 1. The molecule has 4 rings (SSSR count). The molecule has 0 atom stereocenters. The molecule has 0 amide bonds. The lowest BCUT2D eigenvalue weighted by Crippen LogP contribution is -2.15. The largest absolute Gasteiger partial charge is 0.309 e. The van der Waals surface area contributed by atoms with E-state index in [2.05, 4.69) is 30.4 Å². The van der Waals surface area contributed by atoms with Gasteiger partial charge in [-0.05, 0) is 55.0 Å². The van der Waals surface area contributed by atoms with Gasteiger partial charge in [0.15, 0.2) is 0 Å². The van der Waals surface area contributed by atoms with Crippen molar-refractivity contribution < 1.29 is 0 Å². The van der Waals surface area contributed by atoms with Crippen molar-refractivity contribution in [2.75, 3.05) is 0 Å². The van der Waals surface area contributed by atoms with Gasteiger partial charge in [0.25, 0.3) is 0 Å². The fourth-order valence-electron chi connectivity index (χ4n) is 2.80. The SMILES string of the molecule is Cc1cccc2c(C3CC3)c(CNC3CC3)sc12. The highest BCUT2D eigenvalue weighted by Gasteiger charge is 2.30. The number of thiophene rings is 1. The topological polar surface area (TPSA) is 12.0 Å². The van der Waals surface area contributed by atoms with Gasteiger partial charge in [0.2, 0.25) is 0 Å². The van der Waals surface area contributed by atoms with Gasteiger partial charge in [-0.25, -0.2) is 0 Å². The van der Waals surface area contributed by atoms with E-state index in [0.717, 1.165) is 18.5 Å². The fourth-order valence-corrected chi connectivity index (χ4v) is 4.11. The molecule has 0 radical (unpaired) electrons. The van der Waals surface area contributed by atoms with Crippen molar-refractivity contribution in [1.82, 2.24) is 5.32 Å². The van der Waals surface area contributed by atoms with Crippen LogP contribution in [0.5, 0.6) is 0 Å². The Kier molecular flexibility index (Phi) is 2.49. The number of nitrogens with one attached hydrogen (secondary N) is 1. The number of fused-ring (bicyclic) bond motifs is 1. The van der Waals surface area contributed by atoms with E-state index in [-0.39, 0.29) is 0 Å². The third kappa shape index (κ3) is 1.88. The molecule has 2 saturated carbocycles. The second kappa shape index (κ2) is 4.07. The van der Waals surface area contributed by atoms with E-state index < -0.39 is 0 Å². The average molecular weight is 257 g/mol. The predicted molar refractivity (Wildman–Crippen MR) is 78.4 cm³/mol. The molecule has 1 N–H and O–H groups in total. The van der Waals surface area contributed by atoms with Gasteiger partial charge < -0.3 is 5.32 Å². The van der Waals surface area contributed by atoms with Crippen LogP contribution in [-0.4, -0.2) is 6.04 Å². The Hall–Kier alpha value is -0.860. The van der Waals surface area contributed by atoms with E-state index in [0.29, 0.717) is 0 Å². The summed E-state index contributed by atoms with van der Waals surface area (Å²) in [5.74, 6) is 0.858. The zero-order valence-electron chi connectivity index (χ0n) is 10.8. The Labute approximate surface area is 112 Å². The Morgan fingerprint density at radius 3 is 2.78 bits per heavy atom. The minimum Gasteiger partial charge on any atom is -0.309 e. The van der Waals surface area contributed by atoms with Crippen molar-refractivity contribution >= 4 is 21.4 Å². The van der Waals surface area contributed by atoms with E-state index >= 15 is 0 Å². The number of benzene rings is 1. The van der Waals surface area contributed by atoms with Crippen LogP contribution < -0.4 is 5.32 Å². The third-order valence-electron chi connectivity index (χ3n) is 4.14. The molecule has 1 nitrogen and oxygen atoms in total. The Morgan fingerprint density at radius 1 is 1.22 bits per heavy atom. The average Bonchev–Trinajstić information content (AvgIpc) is 3.26. The molecule has 2 fully saturated rings. The summed E-state index contributed by atoms with van der Waals surface area (Å²) in [4.78, 5) is 1.61. The van der Waals surface area contributed by atoms with Crippen LogP contribution in [0.3, 0.4) is 0 Å². The molecule has 1 heterocycles. The monoisotopic (exact) mass is 257 g/mol. The van der Waals surface area contributed by atoms with Crippen LogP contribution in [0.1, 0.15) is 47.6 Å². The van der Waals surface area contributed by atoms with E-state index in [9.17, 15) is 0 Å². The fraction of sp³-hybridized carbons (Fsp3) is 0.500. The molecule has 2 aromatic rings. The summed E-state index contributed by atoms with van der Waals surface area (Å²) >= 11 is 2.03. The number of aryl methyl sites for hydroxylation is 1. The molecular weight excluding hydrogens is 238 g/mol. The van der Waals surface area contributed by atoms with Gasteiger partial charge in [-0.1, -0.05) is 18.2 Å². The van der Waals surface area contributed by atoms with E-state index in [4.69, 9.17) is 0 Å². The lowest BCUT2D eigenvalue weighted by molar-refractivity contribution is 0.691. The van der Waals surface area contributed by atoms with Gasteiger partial charge in [-0.2, -0.15) is 0 Å². The van der Waals surface area contributed by atoms with Crippen molar-refractivity contribution in [3.63, 3.8) is 0 Å². The predicted octanol–water partition coefficient (Wildman–Crippen LogP) is 4.34. The smallest absolute Gasteiger partial charge is 0.0378 e. The second-order valence-electron chi connectivity index (χ2n) is 5.82. The van der Waals surface area contributed by atoms with Gasteiger partial charge in [0.1, 0.15) is 0 Å². The first-order chi connectivity index (χ1) is 8.83. The summed E-state index contributed by atoms with van der Waals surface area (Å²) in [6.45, 7) is 3.34. The Balaban J connectivity index is 1.78. The highest BCUT2D eigenvalue weighted by molar-refractivity contribution is 7.19. The van der Waals surface area contributed by atoms with Crippen molar-refractivity contribution in [1.29, 1.82) is 0 Å². The first-order valence-electron chi connectivity index (χ1n) is 7.07. The zero-order valence-corrected chi connectivity index (χ0v) is 11.6. The van der Waals surface area contributed by atoms with Crippen molar-refractivity contribution in [2.45, 2.75) is 51.1 Å². The van der Waals surface area contributed by atoms with Crippen molar-refractivity contribution in [3.8, 4) is 0 Å². The summed E-state index contributed by atoms with van der Waals surface area (Å²) in [7, 11) is 0. The number of rotatable bonds is 4. The molecule has 94 valence electrons. The molecule has 0 aliphatic heterocycles. The van der Waals surface area contributed by atoms with Gasteiger partial charge in [-0.3, -0.25) is 0 Å². The van der Waals surface area contributed by atoms with Crippen LogP contribution >= 0.6 is 11.3 Å². The number of hydrogen-bond acceptors (Lipinski definition) is 2. The maximum atomic E-state index is 3.69. The standard InChI is InChI=1S/C16H19NS/c1-10-3-2-4-13-15(11-5-6-11)14(18-16(10)13)9-17-12-7-8-12/h2-4,11-12,17H,5-9H2,1H3. The molecule has 2 aliphatic carbocycles. The van der Waals surface area contributed by atoms with Gasteiger partial charge in [-0.15, -0.1) is 11.3 Å². The third-order valence-corrected chi connectivity index (χ3v) is 5.50. The van der Waals surface area contributed by atoms with Gasteiger partial charge in [0, 0.05) is 22.2 Å². The summed E-state index contributed by atoms with van der Waals surface area (Å²) in [6.07, 6.45) is 5.55. The Bertz CT molecular complexity index is 590. The molecule has 2 aliphatic rings. The van der Waals surface area contributed by atoms with Crippen LogP contribution in [0.2, 0.25) is 0 Å². The summed E-state index contributed by atoms with van der Waals surface area (Å²) in [5.41, 5.74) is 3.11. The van der Waals surface area contributed by atoms with E-state index in [1.165, 1.54) is 41.3 Å². The minimum absolute atomic E-state index is 0.809. The highest BCUT2D eigenvalue weighted by atomic mass is 32.1. The van der Waals surface area contributed by atoms with Crippen molar-refractivity contribution in [3.05, 3.63) is 34.2 Å². The molecule has 18 heavy (non-hydrogen) atoms. The molecule has 0 bridgehead atoms. The maximum Gasteiger partial charge on any atom is 0.0378 e. The summed E-state index contributed by atoms with van der Waals surface area (Å²) < 4.78 is 1.52. The van der Waals surface area contributed by atoms with E-state index in [1.807, 2.05) is 11.3 Å². The minimum atomic E-state index is 0.809. The molecule has 1 aromatic heterocycles. The van der Waals surface area contributed by atoms with Gasteiger partial charge >= 0.3 is 0 Å². The lowest BCUT2D eigenvalue weighted by Gasteiger charge is -2.04. The van der Waals surface area contributed by atoms with Crippen molar-refractivity contribution in [2.24, 2.45) is 0 Å². The lowest BCUT2D eigenvalue weighted by atomic mass is 10.0. The molecular formula is C16H19NS. The first-order valence-corrected chi connectivity index (χ1v) is 7.89. The molecule has 0 saturated heterocycles. The summed E-state index contributed by atoms with van der Waals surface area (Å²) in [6, 6.07) is 7.60. The van der Waals surface area contributed by atoms with Crippen LogP contribution in [0.15, 0.2) is 18.2 Å². The first kappa shape index (κ1) is 11.0. The Morgan fingerprint density at radius 2 is 2.06 bits per heavy atom. The zero-order chi connectivity index (χ0) is 12.1. The normalized spacial score (nSPS) is 19.6. The van der Waals surface area contributed by atoms with Crippen LogP contribution in [0.4, 0.5) is 0 Å². The second-order valence-corrected chi connectivity index (χ2v) is 6.93. The molecule has 2 heteroatoms. The molecule has 0 spiro atoms. The summed E-state index contributed by atoms with van der Waals surface area (Å²) in [5, 5.41) is 5.22. The van der Waals surface area contributed by atoms with Gasteiger partial charge in [0.05, 0.1) is 0 Å². The highest BCUT2D eigenvalue weighted by Crippen LogP contribution is 2.48. The molecule has 0 unspecified atom stereocenters. The van der Waals surface area contributed by atoms with Crippen LogP contribution in [0.25, 0.3) is 10.1 Å². The van der Waals surface area contributed by atoms with E-state index in [1.54, 1.807) is 10.4 Å². The molecule has 1 aromatic carbocycles. The van der Waals surface area contributed by atoms with Crippen LogP contribution in [0, 0.1) is 6.92 Å². The van der Waals surface area contributed by atoms with Crippen LogP contribution in [-0.2, 0) is 6.54 Å². The quantitative estimate of drug-likeness (QED) is 0.859.